The van der Waals surface area contributed by atoms with Gasteiger partial charge in [-0.3, -0.25) is 21.7 Å². The second-order valence-corrected chi connectivity index (χ2v) is 7.17. The van der Waals surface area contributed by atoms with Gasteiger partial charge in [-0.05, 0) is 25.6 Å². The van der Waals surface area contributed by atoms with E-state index in [1.807, 2.05) is 32.9 Å². The van der Waals surface area contributed by atoms with Gasteiger partial charge in [-0.2, -0.15) is 0 Å². The molecule has 0 saturated carbocycles. The second kappa shape index (κ2) is 19.9. The molecule has 0 aromatic heterocycles. The summed E-state index contributed by atoms with van der Waals surface area (Å²) in [7, 11) is 4.12. The van der Waals surface area contributed by atoms with Gasteiger partial charge in [-0.15, -0.1) is 0 Å². The minimum atomic E-state index is 0. The zero-order valence-corrected chi connectivity index (χ0v) is 20.7. The average molecular weight is 457 g/mol. The first-order chi connectivity index (χ1) is 13.9. The molecule has 0 unspecified atom stereocenters. The molecule has 0 amide bonds. The van der Waals surface area contributed by atoms with Gasteiger partial charge in [0, 0.05) is 64.4 Å². The standard InChI is InChI=1S/C21H35N4O2.C2H6.V/c1-20(2)5-6-21(3)19-25-10-8-22(4)7-9-23(15-17-26)11-12-24(13-14-25)16-18-27;1-2;/h5-6,17-18H,1,3-4,7-16,19H2,2H3;1-2H3;/q-1;;/b6-5-;;. The van der Waals surface area contributed by atoms with E-state index in [1.165, 1.54) is 0 Å². The van der Waals surface area contributed by atoms with Crippen LogP contribution >= 0.6 is 0 Å². The summed E-state index contributed by atoms with van der Waals surface area (Å²) in [5.41, 5.74) is 2.05. The van der Waals surface area contributed by atoms with Gasteiger partial charge in [0.05, 0.1) is 13.1 Å². The van der Waals surface area contributed by atoms with Crippen LogP contribution in [0.4, 0.5) is 0 Å². The zero-order chi connectivity index (χ0) is 22.1. The predicted octanol–water partition coefficient (Wildman–Crippen LogP) is 2.11. The van der Waals surface area contributed by atoms with E-state index in [0.29, 0.717) is 13.1 Å². The van der Waals surface area contributed by atoms with Crippen LogP contribution in [0.15, 0.2) is 36.5 Å². The van der Waals surface area contributed by atoms with E-state index in [4.69, 9.17) is 0 Å². The molecular weight excluding hydrogens is 415 g/mol. The molecule has 1 rings (SSSR count). The molecule has 0 N–H and O–H groups in total. The molecule has 0 bridgehead atoms. The Morgan fingerprint density at radius 1 is 0.800 bits per heavy atom. The molecular formula is C23H41N4O2V-. The number of aldehydes is 2. The normalized spacial score (nSPS) is 18.3. The van der Waals surface area contributed by atoms with Crippen LogP contribution in [0.3, 0.4) is 0 Å². The van der Waals surface area contributed by atoms with Crippen LogP contribution in [0.5, 0.6) is 0 Å². The average Bonchev–Trinajstić information content (AvgIpc) is 2.70. The number of rotatable bonds is 8. The molecule has 1 aliphatic rings. The molecule has 0 aromatic carbocycles. The van der Waals surface area contributed by atoms with Crippen LogP contribution in [-0.2, 0) is 28.1 Å². The Kier molecular flexibility index (Phi) is 20.7. The van der Waals surface area contributed by atoms with E-state index in [0.717, 1.165) is 82.6 Å². The third-order valence-corrected chi connectivity index (χ3v) is 4.63. The third-order valence-electron chi connectivity index (χ3n) is 4.63. The van der Waals surface area contributed by atoms with E-state index < -0.39 is 0 Å². The molecule has 0 aromatic rings. The van der Waals surface area contributed by atoms with Gasteiger partial charge >= 0.3 is 0 Å². The van der Waals surface area contributed by atoms with Crippen LogP contribution in [0.2, 0.25) is 0 Å². The van der Waals surface area contributed by atoms with Crippen molar-refractivity contribution in [2.45, 2.75) is 20.8 Å². The SMILES string of the molecule is C=C(C)/C=C\C(=C)CN1CCN([CH2-])CCN(CC=O)CCN(CC=O)CC1.CC.[V]. The van der Waals surface area contributed by atoms with Crippen LogP contribution in [-0.4, -0.2) is 104 Å². The molecule has 1 saturated heterocycles. The second-order valence-electron chi connectivity index (χ2n) is 7.17. The van der Waals surface area contributed by atoms with Crippen molar-refractivity contribution in [3.05, 3.63) is 43.5 Å². The largest absolute Gasteiger partial charge is 0.457 e. The number of hydrogen-bond donors (Lipinski definition) is 0. The molecule has 171 valence electrons. The fourth-order valence-corrected chi connectivity index (χ4v) is 2.91. The van der Waals surface area contributed by atoms with E-state index in [9.17, 15) is 9.59 Å². The third kappa shape index (κ3) is 15.8. The van der Waals surface area contributed by atoms with Crippen LogP contribution < -0.4 is 0 Å². The maximum Gasteiger partial charge on any atom is 0.133 e. The fourth-order valence-electron chi connectivity index (χ4n) is 2.91. The Morgan fingerprint density at radius 2 is 1.20 bits per heavy atom. The van der Waals surface area contributed by atoms with Gasteiger partial charge < -0.3 is 14.5 Å². The molecule has 0 atom stereocenters. The van der Waals surface area contributed by atoms with E-state index >= 15 is 0 Å². The Balaban J connectivity index is 0. The van der Waals surface area contributed by atoms with Crippen molar-refractivity contribution in [2.75, 3.05) is 72.0 Å². The van der Waals surface area contributed by atoms with Crippen molar-refractivity contribution < 1.29 is 28.1 Å². The summed E-state index contributed by atoms with van der Waals surface area (Å²) in [6.07, 6.45) is 5.88. The van der Waals surface area contributed by atoms with Gasteiger partial charge in [0.2, 0.25) is 0 Å². The zero-order valence-electron chi connectivity index (χ0n) is 19.3. The van der Waals surface area contributed by atoms with Gasteiger partial charge in [0.1, 0.15) is 12.6 Å². The molecule has 7 heteroatoms. The molecule has 1 aliphatic heterocycles. The van der Waals surface area contributed by atoms with Crippen molar-refractivity contribution >= 4 is 12.6 Å². The van der Waals surface area contributed by atoms with Gasteiger partial charge in [-0.25, -0.2) is 0 Å². The maximum absolute atomic E-state index is 11.0. The van der Waals surface area contributed by atoms with E-state index in [1.54, 1.807) is 0 Å². The topological polar surface area (TPSA) is 47.1 Å². The van der Waals surface area contributed by atoms with Crippen LogP contribution in [0, 0.1) is 7.05 Å². The molecule has 1 fully saturated rings. The fraction of sp³-hybridized carbons (Fsp3) is 0.609. The van der Waals surface area contributed by atoms with Crippen molar-refractivity contribution in [3.8, 4) is 0 Å². The quantitative estimate of drug-likeness (QED) is 0.317. The van der Waals surface area contributed by atoms with Crippen molar-refractivity contribution in [1.82, 2.24) is 19.6 Å². The van der Waals surface area contributed by atoms with Gasteiger partial charge in [0.15, 0.2) is 0 Å². The van der Waals surface area contributed by atoms with Crippen LogP contribution in [0.1, 0.15) is 20.8 Å². The van der Waals surface area contributed by atoms with Crippen molar-refractivity contribution in [2.24, 2.45) is 0 Å². The molecule has 0 aliphatic carbocycles. The van der Waals surface area contributed by atoms with Gasteiger partial charge in [-0.1, -0.05) is 44.7 Å². The summed E-state index contributed by atoms with van der Waals surface area (Å²) < 4.78 is 0. The maximum atomic E-state index is 11.0. The summed E-state index contributed by atoms with van der Waals surface area (Å²) in [5.74, 6) is 0. The number of nitrogens with zero attached hydrogens (tertiary/aromatic N) is 4. The molecule has 6 nitrogen and oxygen atoms in total. The summed E-state index contributed by atoms with van der Waals surface area (Å²) in [6, 6.07) is 0. The Bertz CT molecular complexity index is 525. The minimum Gasteiger partial charge on any atom is -0.457 e. The number of hydrogen-bond acceptors (Lipinski definition) is 6. The molecule has 1 radical (unpaired) electrons. The predicted molar refractivity (Wildman–Crippen MR) is 123 cm³/mol. The number of carbonyl (C=O) groups is 2. The first-order valence-corrected chi connectivity index (χ1v) is 10.6. The van der Waals surface area contributed by atoms with Gasteiger partial charge in [0.25, 0.3) is 0 Å². The molecule has 1 heterocycles. The molecule has 30 heavy (non-hydrogen) atoms. The summed E-state index contributed by atoms with van der Waals surface area (Å²) in [4.78, 5) is 30.6. The first-order valence-electron chi connectivity index (χ1n) is 10.6. The van der Waals surface area contributed by atoms with Crippen LogP contribution in [0.25, 0.3) is 0 Å². The monoisotopic (exact) mass is 456 g/mol. The number of carbonyl (C=O) groups excluding carboxylic acids is 2. The minimum absolute atomic E-state index is 0. The van der Waals surface area contributed by atoms with Crippen molar-refractivity contribution in [1.29, 1.82) is 0 Å². The summed E-state index contributed by atoms with van der Waals surface area (Å²) in [6.45, 7) is 22.2. The molecule has 0 spiro atoms. The van der Waals surface area contributed by atoms with E-state index in [2.05, 4.69) is 39.8 Å². The summed E-state index contributed by atoms with van der Waals surface area (Å²) in [5, 5.41) is 0. The first kappa shape index (κ1) is 31.2. The Morgan fingerprint density at radius 3 is 1.63 bits per heavy atom. The number of allylic oxidation sites excluding steroid dienone is 2. The Hall–Kier alpha value is -1.02. The summed E-state index contributed by atoms with van der Waals surface area (Å²) >= 11 is 0. The Labute approximate surface area is 196 Å². The van der Waals surface area contributed by atoms with E-state index in [-0.39, 0.29) is 18.6 Å². The smallest absolute Gasteiger partial charge is 0.133 e. The van der Waals surface area contributed by atoms with Crippen molar-refractivity contribution in [3.63, 3.8) is 0 Å².